The Morgan fingerprint density at radius 3 is 2.52 bits per heavy atom. The number of hydrogen-bond donors (Lipinski definition) is 2. The molecule has 2 N–H and O–H groups in total. The highest BCUT2D eigenvalue weighted by molar-refractivity contribution is 6.30. The zero-order valence-corrected chi connectivity index (χ0v) is 26.3. The van der Waals surface area contributed by atoms with Gasteiger partial charge in [0.2, 0.25) is 17.7 Å². The van der Waals surface area contributed by atoms with Crippen molar-refractivity contribution in [2.45, 2.75) is 63.3 Å². The first kappa shape index (κ1) is 30.5. The number of likely N-dealkylation sites (tertiary alicyclic amines) is 1. The Hall–Kier alpha value is -3.56. The minimum absolute atomic E-state index is 0.0103. The van der Waals surface area contributed by atoms with E-state index in [0.29, 0.717) is 40.5 Å². The molecule has 1 aliphatic carbocycles. The molecular formula is C34H40ClN3O6. The Morgan fingerprint density at radius 2 is 1.80 bits per heavy atom. The molecule has 3 aliphatic heterocycles. The van der Waals surface area contributed by atoms with Crippen LogP contribution in [0.5, 0.6) is 11.5 Å². The summed E-state index contributed by atoms with van der Waals surface area (Å²) in [4.78, 5) is 44.0. The number of hydrogen-bond acceptors (Lipinski definition) is 6. The van der Waals surface area contributed by atoms with E-state index in [4.69, 9.17) is 25.8 Å². The first-order valence-electron chi connectivity index (χ1n) is 15.4. The fraction of sp³-hybridized carbons (Fsp3) is 0.500. The highest BCUT2D eigenvalue weighted by Crippen LogP contribution is 2.55. The van der Waals surface area contributed by atoms with Crippen LogP contribution in [-0.2, 0) is 25.5 Å². The van der Waals surface area contributed by atoms with Gasteiger partial charge in [-0.1, -0.05) is 56.5 Å². The van der Waals surface area contributed by atoms with Gasteiger partial charge in [-0.25, -0.2) is 0 Å². The molecule has 1 spiro atoms. The summed E-state index contributed by atoms with van der Waals surface area (Å²) in [5, 5.41) is 6.80. The van der Waals surface area contributed by atoms with Crippen LogP contribution >= 0.6 is 11.6 Å². The molecule has 2 aromatic rings. The summed E-state index contributed by atoms with van der Waals surface area (Å²) < 4.78 is 17.4. The number of ether oxygens (including phenoxy) is 3. The normalized spacial score (nSPS) is 32.0. The summed E-state index contributed by atoms with van der Waals surface area (Å²) >= 11 is 6.03. The molecule has 3 heterocycles. The van der Waals surface area contributed by atoms with E-state index in [0.717, 1.165) is 24.8 Å². The van der Waals surface area contributed by atoms with E-state index in [-0.39, 0.29) is 30.3 Å². The summed E-state index contributed by atoms with van der Waals surface area (Å²) in [7, 11) is 3.16. The predicted molar refractivity (Wildman–Crippen MR) is 167 cm³/mol. The average molecular weight is 622 g/mol. The number of halogens is 1. The standard InChI is InChI=1S/C34H40ClN3O6/c1-19-6-5-7-24(20(19)2)37-32(40)30-34-16-14-26(44-34)28(31(39)36-23-11-9-22(35)10-12-23)29(34)33(41)38(30)17-15-21-8-13-25(42-3)27(18-21)43-4/h8-14,16,18-20,24,26,28-30H,5-7,15,17H2,1-4H3,(H,36,39)(H,37,40)/t19?,20?,24?,26-,28?,29-,30?,34?/m1/s1. The van der Waals surface area contributed by atoms with Crippen molar-refractivity contribution in [2.75, 3.05) is 26.1 Å². The van der Waals surface area contributed by atoms with Gasteiger partial charge in [-0.05, 0) is 66.6 Å². The molecule has 3 amide bonds. The van der Waals surface area contributed by atoms with Crippen molar-refractivity contribution in [2.24, 2.45) is 23.7 Å². The number of nitrogens with zero attached hydrogens (tertiary/aromatic N) is 1. The lowest BCUT2D eigenvalue weighted by molar-refractivity contribution is -0.141. The Morgan fingerprint density at radius 1 is 1.05 bits per heavy atom. The summed E-state index contributed by atoms with van der Waals surface area (Å²) in [5.74, 6) is -0.406. The second-order valence-electron chi connectivity index (χ2n) is 12.6. The van der Waals surface area contributed by atoms with Gasteiger partial charge >= 0.3 is 0 Å². The first-order valence-corrected chi connectivity index (χ1v) is 15.8. The molecule has 6 rings (SSSR count). The largest absolute Gasteiger partial charge is 0.493 e. The van der Waals surface area contributed by atoms with Crippen molar-refractivity contribution in [3.63, 3.8) is 0 Å². The molecule has 0 aromatic heterocycles. The fourth-order valence-corrected chi connectivity index (χ4v) is 7.73. The van der Waals surface area contributed by atoms with Crippen LogP contribution < -0.4 is 20.1 Å². The molecule has 10 heteroatoms. The minimum atomic E-state index is -1.23. The van der Waals surface area contributed by atoms with Crippen molar-refractivity contribution in [1.82, 2.24) is 10.2 Å². The van der Waals surface area contributed by atoms with Crippen molar-refractivity contribution in [1.29, 1.82) is 0 Å². The third-order valence-electron chi connectivity index (χ3n) is 10.2. The van der Waals surface area contributed by atoms with Gasteiger partial charge in [0.1, 0.15) is 11.6 Å². The van der Waals surface area contributed by atoms with Gasteiger partial charge in [-0.2, -0.15) is 0 Å². The predicted octanol–water partition coefficient (Wildman–Crippen LogP) is 4.63. The molecule has 2 saturated heterocycles. The number of carbonyl (C=O) groups is 3. The molecule has 2 aromatic carbocycles. The number of methoxy groups -OCH3 is 2. The van der Waals surface area contributed by atoms with E-state index < -0.39 is 29.6 Å². The van der Waals surface area contributed by atoms with Gasteiger partial charge < -0.3 is 29.7 Å². The molecule has 0 radical (unpaired) electrons. The average Bonchev–Trinajstić information content (AvgIpc) is 3.66. The van der Waals surface area contributed by atoms with Crippen LogP contribution in [0.2, 0.25) is 5.02 Å². The lowest BCUT2D eigenvalue weighted by Gasteiger charge is -2.38. The van der Waals surface area contributed by atoms with Gasteiger partial charge in [0.05, 0.1) is 32.2 Å². The second-order valence-corrected chi connectivity index (χ2v) is 13.0. The molecule has 3 fully saturated rings. The quantitative estimate of drug-likeness (QED) is 0.396. The number of carbonyl (C=O) groups excluding carboxylic acids is 3. The number of amides is 3. The Labute approximate surface area is 263 Å². The third kappa shape index (κ3) is 5.24. The van der Waals surface area contributed by atoms with Gasteiger partial charge in [0, 0.05) is 23.3 Å². The highest BCUT2D eigenvalue weighted by atomic mass is 35.5. The summed E-state index contributed by atoms with van der Waals surface area (Å²) in [5.41, 5.74) is 0.275. The molecule has 4 aliphatic rings. The topological polar surface area (TPSA) is 106 Å². The van der Waals surface area contributed by atoms with E-state index in [9.17, 15) is 14.4 Å². The van der Waals surface area contributed by atoms with E-state index in [2.05, 4.69) is 24.5 Å². The zero-order valence-electron chi connectivity index (χ0n) is 25.5. The third-order valence-corrected chi connectivity index (χ3v) is 10.4. The summed E-state index contributed by atoms with van der Waals surface area (Å²) in [6.07, 6.45) is 6.63. The SMILES string of the molecule is COc1ccc(CCN2C(=O)[C@H]3C(C(=O)Nc4ccc(Cl)cc4)[C@H]4C=CC3(O4)C2C(=O)NC2CCCC(C)C2C)cc1OC. The molecular weight excluding hydrogens is 582 g/mol. The highest BCUT2D eigenvalue weighted by Gasteiger charge is 2.72. The smallest absolute Gasteiger partial charge is 0.246 e. The molecule has 234 valence electrons. The second kappa shape index (κ2) is 12.1. The van der Waals surface area contributed by atoms with Crippen LogP contribution in [0.15, 0.2) is 54.6 Å². The van der Waals surface area contributed by atoms with Gasteiger partial charge in [0.15, 0.2) is 11.5 Å². The maximum atomic E-state index is 14.3. The number of benzene rings is 2. The Bertz CT molecular complexity index is 1460. The molecule has 8 atom stereocenters. The molecule has 1 saturated carbocycles. The monoisotopic (exact) mass is 621 g/mol. The van der Waals surface area contributed by atoms with Crippen LogP contribution in [0, 0.1) is 23.7 Å². The molecule has 6 unspecified atom stereocenters. The van der Waals surface area contributed by atoms with Crippen molar-refractivity contribution < 1.29 is 28.6 Å². The molecule has 2 bridgehead atoms. The van der Waals surface area contributed by atoms with E-state index in [1.54, 1.807) is 43.4 Å². The van der Waals surface area contributed by atoms with Crippen LogP contribution in [0.4, 0.5) is 5.69 Å². The lowest BCUT2D eigenvalue weighted by atomic mass is 9.73. The lowest BCUT2D eigenvalue weighted by Crippen LogP contribution is -2.58. The van der Waals surface area contributed by atoms with Gasteiger partial charge in [-0.3, -0.25) is 14.4 Å². The van der Waals surface area contributed by atoms with Crippen molar-refractivity contribution in [3.8, 4) is 11.5 Å². The number of nitrogens with one attached hydrogen (secondary N) is 2. The van der Waals surface area contributed by atoms with Crippen LogP contribution in [0.1, 0.15) is 38.7 Å². The maximum absolute atomic E-state index is 14.3. The fourth-order valence-electron chi connectivity index (χ4n) is 7.60. The molecule has 9 nitrogen and oxygen atoms in total. The maximum Gasteiger partial charge on any atom is 0.246 e. The first-order chi connectivity index (χ1) is 21.2. The summed E-state index contributed by atoms with van der Waals surface area (Å²) in [6, 6.07) is 11.6. The van der Waals surface area contributed by atoms with E-state index in [1.807, 2.05) is 30.4 Å². The van der Waals surface area contributed by atoms with Gasteiger partial charge in [0.25, 0.3) is 0 Å². The minimum Gasteiger partial charge on any atom is -0.493 e. The van der Waals surface area contributed by atoms with E-state index >= 15 is 0 Å². The van der Waals surface area contributed by atoms with E-state index in [1.165, 1.54) is 0 Å². The number of anilines is 1. The van der Waals surface area contributed by atoms with Crippen molar-refractivity contribution in [3.05, 3.63) is 65.2 Å². The Kier molecular flexibility index (Phi) is 8.37. The van der Waals surface area contributed by atoms with Crippen LogP contribution in [0.3, 0.4) is 0 Å². The van der Waals surface area contributed by atoms with Crippen LogP contribution in [0.25, 0.3) is 0 Å². The summed E-state index contributed by atoms with van der Waals surface area (Å²) in [6.45, 7) is 4.67. The van der Waals surface area contributed by atoms with Gasteiger partial charge in [-0.15, -0.1) is 0 Å². The molecule has 44 heavy (non-hydrogen) atoms. The number of fused-ring (bicyclic) bond motifs is 1. The zero-order chi connectivity index (χ0) is 31.2. The van der Waals surface area contributed by atoms with Crippen molar-refractivity contribution >= 4 is 35.0 Å². The Balaban J connectivity index is 1.30. The van der Waals surface area contributed by atoms with Crippen LogP contribution in [-0.4, -0.2) is 67.2 Å². The number of rotatable bonds is 9.